The van der Waals surface area contributed by atoms with Crippen LogP contribution in [0.4, 0.5) is 0 Å². The summed E-state index contributed by atoms with van der Waals surface area (Å²) in [6.45, 7) is 12.4. The number of aliphatic hydroxyl groups is 1. The number of aryl methyl sites for hydroxylation is 1. The van der Waals surface area contributed by atoms with E-state index in [1.165, 1.54) is 15.8 Å². The molecule has 0 fully saturated rings. The molecule has 6 nitrogen and oxygen atoms in total. The van der Waals surface area contributed by atoms with Gasteiger partial charge in [0.25, 0.3) is 0 Å². The number of amides is 1. The number of carbonyl (C=O) groups is 2. The number of hydrogen-bond donors (Lipinski definition) is 3. The maximum absolute atomic E-state index is 12.4. The van der Waals surface area contributed by atoms with Gasteiger partial charge >= 0.3 is 11.9 Å². The number of thiophene rings is 1. The van der Waals surface area contributed by atoms with Crippen LogP contribution in [-0.2, 0) is 10.2 Å². The van der Waals surface area contributed by atoms with Crippen molar-refractivity contribution in [1.82, 2.24) is 0 Å². The molecule has 7 heteroatoms. The van der Waals surface area contributed by atoms with E-state index in [-0.39, 0.29) is 29.9 Å². The van der Waals surface area contributed by atoms with Crippen LogP contribution in [0, 0.1) is 12.3 Å². The number of nitrogens with two attached hydrogens (primary N) is 1. The predicted octanol–water partition coefficient (Wildman–Crippen LogP) is 4.89. The highest BCUT2D eigenvalue weighted by Crippen LogP contribution is 2.45. The van der Waals surface area contributed by atoms with Crippen molar-refractivity contribution in [1.29, 1.82) is 0 Å². The Morgan fingerprint density at radius 3 is 2.33 bits per heavy atom. The van der Waals surface area contributed by atoms with Gasteiger partial charge in [0, 0.05) is 15.0 Å². The summed E-state index contributed by atoms with van der Waals surface area (Å²) in [5, 5.41) is 21.5. The quantitative estimate of drug-likeness (QED) is 0.359. The fraction of sp³-hybridized carbons (Fsp3) is 0.448. The average Bonchev–Trinajstić information content (AvgIpc) is 3.26. The summed E-state index contributed by atoms with van der Waals surface area (Å²) in [6, 6.07) is 14.1. The lowest BCUT2D eigenvalue weighted by Crippen LogP contribution is -2.89. The number of rotatable bonds is 10. The van der Waals surface area contributed by atoms with Gasteiger partial charge in [-0.15, -0.1) is 11.3 Å². The lowest BCUT2D eigenvalue weighted by Gasteiger charge is -2.32. The van der Waals surface area contributed by atoms with Crippen molar-refractivity contribution in [2.45, 2.75) is 65.9 Å². The van der Waals surface area contributed by atoms with E-state index >= 15 is 0 Å². The Balaban J connectivity index is 1.92. The van der Waals surface area contributed by atoms with Crippen LogP contribution in [0.15, 0.2) is 42.5 Å². The number of carbonyl (C=O) groups excluding carboxylic acids is 1. The summed E-state index contributed by atoms with van der Waals surface area (Å²) in [6.07, 6.45) is 1.27. The fourth-order valence-electron chi connectivity index (χ4n) is 4.39. The molecule has 1 heterocycles. The number of aliphatic carboxylic acids is 1. The number of quaternary nitrogens is 1. The van der Waals surface area contributed by atoms with Crippen LogP contribution in [0.1, 0.15) is 73.8 Å². The minimum absolute atomic E-state index is 0.183. The van der Waals surface area contributed by atoms with Crippen LogP contribution in [0.3, 0.4) is 0 Å². The average molecular weight is 513 g/mol. The first-order chi connectivity index (χ1) is 16.9. The highest BCUT2D eigenvalue weighted by atomic mass is 32.1. The van der Waals surface area contributed by atoms with Gasteiger partial charge in [0.1, 0.15) is 12.4 Å². The molecule has 0 saturated heterocycles. The molecule has 3 aromatic rings. The molecule has 3 rings (SSSR count). The normalized spacial score (nSPS) is 13.1. The van der Waals surface area contributed by atoms with E-state index in [2.05, 4.69) is 32.0 Å². The molecule has 1 atom stereocenters. The van der Waals surface area contributed by atoms with E-state index in [9.17, 15) is 14.7 Å². The zero-order chi connectivity index (χ0) is 26.7. The molecule has 0 aliphatic carbocycles. The Bertz CT molecular complexity index is 1240. The van der Waals surface area contributed by atoms with Crippen molar-refractivity contribution in [3.05, 3.63) is 64.0 Å². The summed E-state index contributed by atoms with van der Waals surface area (Å²) in [5.74, 6) is -0.509. The molecule has 0 aliphatic rings. The van der Waals surface area contributed by atoms with Crippen molar-refractivity contribution >= 4 is 33.3 Å². The second-order valence-corrected chi connectivity index (χ2v) is 11.6. The van der Waals surface area contributed by atoms with Crippen molar-refractivity contribution in [2.75, 3.05) is 13.2 Å². The van der Waals surface area contributed by atoms with E-state index in [0.717, 1.165) is 34.2 Å². The number of aliphatic hydroxyl groups excluding tert-OH is 1. The van der Waals surface area contributed by atoms with Crippen LogP contribution >= 0.6 is 11.3 Å². The van der Waals surface area contributed by atoms with Gasteiger partial charge in [-0.2, -0.15) is 0 Å². The van der Waals surface area contributed by atoms with Gasteiger partial charge in [-0.1, -0.05) is 52.8 Å². The molecule has 1 unspecified atom stereocenters. The molecule has 0 spiro atoms. The molecular weight excluding hydrogens is 474 g/mol. The van der Waals surface area contributed by atoms with E-state index in [4.69, 9.17) is 9.84 Å². The summed E-state index contributed by atoms with van der Waals surface area (Å²) in [7, 11) is 0. The largest absolute Gasteiger partial charge is 0.491 e. The van der Waals surface area contributed by atoms with E-state index in [0.29, 0.717) is 5.56 Å². The third kappa shape index (κ3) is 5.97. The Morgan fingerprint density at radius 2 is 1.75 bits per heavy atom. The summed E-state index contributed by atoms with van der Waals surface area (Å²) in [5.41, 5.74) is 2.32. The van der Waals surface area contributed by atoms with Crippen LogP contribution in [0.2, 0.25) is 0 Å². The Labute approximate surface area is 217 Å². The van der Waals surface area contributed by atoms with E-state index in [1.54, 1.807) is 17.4 Å². The molecule has 36 heavy (non-hydrogen) atoms. The van der Waals surface area contributed by atoms with Crippen LogP contribution in [-0.4, -0.2) is 41.3 Å². The molecule has 0 saturated carbocycles. The first kappa shape index (κ1) is 27.8. The first-order valence-corrected chi connectivity index (χ1v) is 13.3. The smallest absolute Gasteiger partial charge is 0.359 e. The van der Waals surface area contributed by atoms with Gasteiger partial charge in [-0.25, -0.2) is 9.59 Å². The van der Waals surface area contributed by atoms with Gasteiger partial charge in [0.15, 0.2) is 6.54 Å². The first-order valence-electron chi connectivity index (χ1n) is 12.5. The Kier molecular flexibility index (Phi) is 8.59. The molecule has 1 aromatic heterocycles. The zero-order valence-corrected chi connectivity index (χ0v) is 22.9. The zero-order valence-electron chi connectivity index (χ0n) is 22.1. The minimum atomic E-state index is -1.02. The molecule has 0 radical (unpaired) electrons. The fourth-order valence-corrected chi connectivity index (χ4v) is 5.85. The topological polar surface area (TPSA) is 100 Å². The van der Waals surface area contributed by atoms with Gasteiger partial charge in [0.05, 0.1) is 11.7 Å². The molecule has 1 amide bonds. The molecular formula is C29H38NO5S+. The van der Waals surface area contributed by atoms with Gasteiger partial charge < -0.3 is 14.9 Å². The number of primary amides is 1. The number of hydrogen-bond acceptors (Lipinski definition) is 5. The van der Waals surface area contributed by atoms with Gasteiger partial charge in [-0.05, 0) is 66.0 Å². The highest BCUT2D eigenvalue weighted by Gasteiger charge is 2.33. The monoisotopic (exact) mass is 512 g/mol. The lowest BCUT2D eigenvalue weighted by molar-refractivity contribution is -0.544. The number of benzene rings is 2. The molecule has 4 N–H and O–H groups in total. The third-order valence-electron chi connectivity index (χ3n) is 7.07. The van der Waals surface area contributed by atoms with E-state index in [1.807, 2.05) is 45.9 Å². The molecule has 0 bridgehead atoms. The van der Waals surface area contributed by atoms with Gasteiger partial charge in [0.2, 0.25) is 0 Å². The maximum atomic E-state index is 12.4. The number of fused-ring (bicyclic) bond motifs is 1. The molecule has 2 aromatic carbocycles. The number of carboxylic acid groups (broad SMARTS) is 1. The third-order valence-corrected chi connectivity index (χ3v) is 8.37. The SMILES string of the molecule is CCC(CC)(c1ccc(OCC(O)C(C)(C)C)c(C)c1)c1cc2ccc(C(=O)[NH2+]CC(=O)O)cc2s1. The molecule has 194 valence electrons. The highest BCUT2D eigenvalue weighted by molar-refractivity contribution is 7.19. The van der Waals surface area contributed by atoms with Crippen molar-refractivity contribution < 1.29 is 29.9 Å². The van der Waals surface area contributed by atoms with Crippen LogP contribution in [0.5, 0.6) is 5.75 Å². The Morgan fingerprint density at radius 1 is 1.06 bits per heavy atom. The van der Waals surface area contributed by atoms with Gasteiger partial charge in [-0.3, -0.25) is 5.32 Å². The maximum Gasteiger partial charge on any atom is 0.359 e. The second kappa shape index (κ2) is 11.1. The van der Waals surface area contributed by atoms with Crippen molar-refractivity contribution in [2.24, 2.45) is 5.41 Å². The summed E-state index contributed by atoms with van der Waals surface area (Å²) < 4.78 is 6.98. The lowest BCUT2D eigenvalue weighted by atomic mass is 9.74. The summed E-state index contributed by atoms with van der Waals surface area (Å²) in [4.78, 5) is 24.5. The number of ether oxygens (including phenoxy) is 1. The van der Waals surface area contributed by atoms with Crippen molar-refractivity contribution in [3.63, 3.8) is 0 Å². The van der Waals surface area contributed by atoms with Crippen molar-refractivity contribution in [3.8, 4) is 5.75 Å². The standard InChI is InChI=1S/C29H37NO5S/c1-7-29(8-2,21-11-12-22(18(3)13-21)35-17-24(31)28(4,5)6)25-15-19-9-10-20(14-23(19)36-25)27(34)30-16-26(32)33/h9-15,24,31H,7-8,16-17H2,1-6H3,(H,30,34)(H,32,33)/p+1. The second-order valence-electron chi connectivity index (χ2n) is 10.5. The molecule has 0 aliphatic heterocycles. The summed E-state index contributed by atoms with van der Waals surface area (Å²) >= 11 is 1.68. The predicted molar refractivity (Wildman–Crippen MR) is 144 cm³/mol. The van der Waals surface area contributed by atoms with Crippen LogP contribution < -0.4 is 10.1 Å². The minimum Gasteiger partial charge on any atom is -0.491 e. The number of carboxylic acids is 1. The van der Waals surface area contributed by atoms with E-state index < -0.39 is 12.1 Å². The Hall–Kier alpha value is -2.74. The van der Waals surface area contributed by atoms with Crippen LogP contribution in [0.25, 0.3) is 10.1 Å².